The smallest absolute Gasteiger partial charge is 0.162 e. The second-order valence-corrected chi connectivity index (χ2v) is 4.03. The Balaban J connectivity index is 1.81. The van der Waals surface area contributed by atoms with Crippen LogP contribution in [0.1, 0.15) is 28.9 Å². The molecule has 0 aliphatic rings. The van der Waals surface area contributed by atoms with Gasteiger partial charge in [-0.2, -0.15) is 0 Å². The van der Waals surface area contributed by atoms with E-state index in [1.807, 2.05) is 43.6 Å². The molecule has 0 bridgehead atoms. The molecule has 0 aliphatic carbocycles. The first-order valence-electron chi connectivity index (χ1n) is 5.69. The van der Waals surface area contributed by atoms with E-state index in [1.54, 1.807) is 4.68 Å². The van der Waals surface area contributed by atoms with Crippen LogP contribution in [0.2, 0.25) is 0 Å². The van der Waals surface area contributed by atoms with Crippen LogP contribution in [0, 0.1) is 0 Å². The number of aryl methyl sites for hydroxylation is 2. The summed E-state index contributed by atoms with van der Waals surface area (Å²) in [6.45, 7) is 0. The number of hydrogen-bond acceptors (Lipinski definition) is 3. The number of carbonyl (C=O) groups excluding carboxylic acids is 1. The molecule has 4 nitrogen and oxygen atoms in total. The molecule has 88 valence electrons. The van der Waals surface area contributed by atoms with Gasteiger partial charge in [0.1, 0.15) is 0 Å². The van der Waals surface area contributed by atoms with Crippen molar-refractivity contribution >= 4 is 5.78 Å². The van der Waals surface area contributed by atoms with Gasteiger partial charge in [-0.25, -0.2) is 0 Å². The fraction of sp³-hybridized carbons (Fsp3) is 0.308. The zero-order valence-corrected chi connectivity index (χ0v) is 9.84. The van der Waals surface area contributed by atoms with E-state index in [-0.39, 0.29) is 5.78 Å². The van der Waals surface area contributed by atoms with Crippen molar-refractivity contribution in [2.24, 2.45) is 7.05 Å². The highest BCUT2D eigenvalue weighted by atomic mass is 16.1. The van der Waals surface area contributed by atoms with E-state index in [4.69, 9.17) is 0 Å². The van der Waals surface area contributed by atoms with E-state index in [2.05, 4.69) is 10.3 Å². The molecular formula is C13H15N3O. The Kier molecular flexibility index (Phi) is 3.65. The second-order valence-electron chi connectivity index (χ2n) is 4.03. The van der Waals surface area contributed by atoms with Crippen LogP contribution in [0.5, 0.6) is 0 Å². The molecule has 0 radical (unpaired) electrons. The van der Waals surface area contributed by atoms with Crippen LogP contribution < -0.4 is 0 Å². The minimum Gasteiger partial charge on any atom is -0.294 e. The van der Waals surface area contributed by atoms with Crippen LogP contribution >= 0.6 is 0 Å². The van der Waals surface area contributed by atoms with Crippen LogP contribution in [-0.4, -0.2) is 20.8 Å². The highest BCUT2D eigenvalue weighted by Gasteiger charge is 2.05. The number of Topliss-reactive ketones (excluding diaryl/α,β-unsaturated/α-hetero) is 1. The lowest BCUT2D eigenvalue weighted by molar-refractivity contribution is 0.0980. The zero-order chi connectivity index (χ0) is 12.1. The van der Waals surface area contributed by atoms with E-state index < -0.39 is 0 Å². The molecule has 2 aromatic rings. The normalized spacial score (nSPS) is 10.4. The predicted molar refractivity (Wildman–Crippen MR) is 64.7 cm³/mol. The van der Waals surface area contributed by atoms with Gasteiger partial charge in [-0.3, -0.25) is 9.48 Å². The van der Waals surface area contributed by atoms with Crippen molar-refractivity contribution in [3.8, 4) is 0 Å². The summed E-state index contributed by atoms with van der Waals surface area (Å²) in [6, 6.07) is 9.39. The number of benzene rings is 1. The molecule has 0 aliphatic heterocycles. The number of carbonyl (C=O) groups is 1. The molecule has 0 unspecified atom stereocenters. The number of nitrogens with zero attached hydrogens (tertiary/aromatic N) is 3. The average Bonchev–Trinajstić information content (AvgIpc) is 2.76. The molecule has 0 fully saturated rings. The monoisotopic (exact) mass is 229 g/mol. The topological polar surface area (TPSA) is 47.8 Å². The van der Waals surface area contributed by atoms with Crippen molar-refractivity contribution < 1.29 is 4.79 Å². The van der Waals surface area contributed by atoms with Crippen LogP contribution in [0.25, 0.3) is 0 Å². The molecule has 0 saturated heterocycles. The van der Waals surface area contributed by atoms with E-state index in [0.717, 1.165) is 24.1 Å². The quantitative estimate of drug-likeness (QED) is 0.737. The molecule has 0 saturated carbocycles. The lowest BCUT2D eigenvalue weighted by Crippen LogP contribution is -1.99. The van der Waals surface area contributed by atoms with Crippen molar-refractivity contribution in [2.45, 2.75) is 19.3 Å². The number of hydrogen-bond donors (Lipinski definition) is 0. The Bertz CT molecular complexity index is 490. The van der Waals surface area contributed by atoms with Crippen LogP contribution in [0.3, 0.4) is 0 Å². The maximum atomic E-state index is 11.8. The van der Waals surface area contributed by atoms with E-state index in [1.165, 1.54) is 0 Å². The molecule has 2 rings (SSSR count). The third-order valence-corrected chi connectivity index (χ3v) is 2.58. The van der Waals surface area contributed by atoms with E-state index in [9.17, 15) is 4.79 Å². The molecule has 1 aromatic carbocycles. The van der Waals surface area contributed by atoms with E-state index in [0.29, 0.717) is 6.42 Å². The number of aromatic nitrogens is 3. The molecule has 1 heterocycles. The maximum absolute atomic E-state index is 11.8. The lowest BCUT2D eigenvalue weighted by atomic mass is 10.1. The molecule has 17 heavy (non-hydrogen) atoms. The van der Waals surface area contributed by atoms with Gasteiger partial charge in [-0.05, 0) is 12.8 Å². The summed E-state index contributed by atoms with van der Waals surface area (Å²) in [6.07, 6.45) is 4.05. The summed E-state index contributed by atoms with van der Waals surface area (Å²) in [4.78, 5) is 11.8. The molecule has 0 amide bonds. The Labute approximate surface area is 100 Å². The summed E-state index contributed by atoms with van der Waals surface area (Å²) in [7, 11) is 1.84. The molecule has 1 aromatic heterocycles. The third-order valence-electron chi connectivity index (χ3n) is 2.58. The van der Waals surface area contributed by atoms with Crippen molar-refractivity contribution in [3.05, 3.63) is 47.8 Å². The highest BCUT2D eigenvalue weighted by molar-refractivity contribution is 5.95. The summed E-state index contributed by atoms with van der Waals surface area (Å²) < 4.78 is 1.67. The van der Waals surface area contributed by atoms with Gasteiger partial charge >= 0.3 is 0 Å². The highest BCUT2D eigenvalue weighted by Crippen LogP contribution is 2.07. The minimum atomic E-state index is 0.189. The molecule has 0 spiro atoms. The van der Waals surface area contributed by atoms with Crippen molar-refractivity contribution in [1.29, 1.82) is 0 Å². The van der Waals surface area contributed by atoms with Crippen LogP contribution in [0.15, 0.2) is 36.5 Å². The Morgan fingerprint density at radius 3 is 2.71 bits per heavy atom. The molecule has 0 N–H and O–H groups in total. The van der Waals surface area contributed by atoms with Gasteiger partial charge in [0.05, 0.1) is 5.69 Å². The number of rotatable bonds is 5. The van der Waals surface area contributed by atoms with Gasteiger partial charge in [-0.1, -0.05) is 35.5 Å². The average molecular weight is 229 g/mol. The summed E-state index contributed by atoms with van der Waals surface area (Å²) in [5, 5.41) is 7.84. The van der Waals surface area contributed by atoms with Crippen LogP contribution in [0.4, 0.5) is 0 Å². The zero-order valence-electron chi connectivity index (χ0n) is 9.84. The van der Waals surface area contributed by atoms with Gasteiger partial charge in [0, 0.05) is 25.2 Å². The van der Waals surface area contributed by atoms with Gasteiger partial charge in [0.25, 0.3) is 0 Å². The maximum Gasteiger partial charge on any atom is 0.162 e. The first-order chi connectivity index (χ1) is 8.25. The van der Waals surface area contributed by atoms with E-state index >= 15 is 0 Å². The molecule has 0 atom stereocenters. The number of ketones is 1. The Morgan fingerprint density at radius 2 is 2.06 bits per heavy atom. The molecular weight excluding hydrogens is 214 g/mol. The summed E-state index contributed by atoms with van der Waals surface area (Å²) in [5.41, 5.74) is 1.72. The Hall–Kier alpha value is -1.97. The van der Waals surface area contributed by atoms with Crippen molar-refractivity contribution in [3.63, 3.8) is 0 Å². The Morgan fingerprint density at radius 1 is 1.29 bits per heavy atom. The van der Waals surface area contributed by atoms with Gasteiger partial charge in [0.2, 0.25) is 0 Å². The first-order valence-corrected chi connectivity index (χ1v) is 5.69. The van der Waals surface area contributed by atoms with Crippen molar-refractivity contribution in [1.82, 2.24) is 15.0 Å². The largest absolute Gasteiger partial charge is 0.294 e. The SMILES string of the molecule is Cn1cc(CCCC(=O)c2ccccc2)nn1. The third kappa shape index (κ3) is 3.24. The first kappa shape index (κ1) is 11.5. The standard InChI is InChI=1S/C13H15N3O/c1-16-10-12(14-15-16)8-5-9-13(17)11-6-3-2-4-7-11/h2-4,6-7,10H,5,8-9H2,1H3. The fourth-order valence-corrected chi connectivity index (χ4v) is 1.71. The summed E-state index contributed by atoms with van der Waals surface area (Å²) in [5.74, 6) is 0.189. The predicted octanol–water partition coefficient (Wildman–Crippen LogP) is 2.02. The van der Waals surface area contributed by atoms with Crippen LogP contribution in [-0.2, 0) is 13.5 Å². The van der Waals surface area contributed by atoms with Gasteiger partial charge in [-0.15, -0.1) is 5.10 Å². The minimum absolute atomic E-state index is 0.189. The second kappa shape index (κ2) is 5.39. The lowest BCUT2D eigenvalue weighted by Gasteiger charge is -1.99. The fourth-order valence-electron chi connectivity index (χ4n) is 1.71. The van der Waals surface area contributed by atoms with Crippen molar-refractivity contribution in [2.75, 3.05) is 0 Å². The van der Waals surface area contributed by atoms with Gasteiger partial charge in [0.15, 0.2) is 5.78 Å². The molecule has 4 heteroatoms. The van der Waals surface area contributed by atoms with Gasteiger partial charge < -0.3 is 0 Å². The summed E-state index contributed by atoms with van der Waals surface area (Å²) >= 11 is 0.